The molecule has 2 atom stereocenters. The maximum Gasteiger partial charge on any atom is 0.404 e. The number of aryl methyl sites for hydroxylation is 1. The van der Waals surface area contributed by atoms with Gasteiger partial charge in [-0.1, -0.05) is 32.0 Å². The Bertz CT molecular complexity index is 1150. The summed E-state index contributed by atoms with van der Waals surface area (Å²) in [5, 5.41) is 11.4. The van der Waals surface area contributed by atoms with E-state index in [-0.39, 0.29) is 17.8 Å². The SMILES string of the molecule is Cc1ccc2c(N3CCC[C@@H](C(CC(C)C)OC(N)=O)C3)nc(-c3ccccc3O)nc2c1. The summed E-state index contributed by atoms with van der Waals surface area (Å²) in [6, 6.07) is 13.3. The van der Waals surface area contributed by atoms with Gasteiger partial charge in [0.2, 0.25) is 0 Å². The van der Waals surface area contributed by atoms with E-state index in [1.807, 2.05) is 25.1 Å². The number of carbonyl (C=O) groups excluding carboxylic acids is 1. The zero-order valence-corrected chi connectivity index (χ0v) is 19.5. The Labute approximate surface area is 194 Å². The van der Waals surface area contributed by atoms with Crippen molar-refractivity contribution in [1.29, 1.82) is 0 Å². The van der Waals surface area contributed by atoms with Crippen molar-refractivity contribution in [3.8, 4) is 17.1 Å². The van der Waals surface area contributed by atoms with Crippen LogP contribution in [0, 0.1) is 18.8 Å². The molecule has 7 nitrogen and oxygen atoms in total. The minimum atomic E-state index is -0.720. The molecule has 2 heterocycles. The molecule has 4 rings (SSSR count). The maximum absolute atomic E-state index is 11.6. The summed E-state index contributed by atoms with van der Waals surface area (Å²) in [4.78, 5) is 23.5. The lowest BCUT2D eigenvalue weighted by Crippen LogP contribution is -2.43. The fraction of sp³-hybridized carbons (Fsp3) is 0.423. The van der Waals surface area contributed by atoms with Crippen molar-refractivity contribution >= 4 is 22.8 Å². The number of piperidine rings is 1. The highest BCUT2D eigenvalue weighted by Crippen LogP contribution is 2.35. The Morgan fingerprint density at radius 3 is 2.76 bits per heavy atom. The number of ether oxygens (including phenoxy) is 1. The highest BCUT2D eigenvalue weighted by atomic mass is 16.6. The van der Waals surface area contributed by atoms with Gasteiger partial charge in [0.15, 0.2) is 5.82 Å². The molecule has 0 spiro atoms. The number of aromatic nitrogens is 2. The first-order chi connectivity index (χ1) is 15.8. The van der Waals surface area contributed by atoms with Gasteiger partial charge in [0, 0.05) is 24.4 Å². The van der Waals surface area contributed by atoms with Gasteiger partial charge in [0.1, 0.15) is 17.7 Å². The molecule has 1 saturated heterocycles. The summed E-state index contributed by atoms with van der Waals surface area (Å²) < 4.78 is 5.54. The van der Waals surface area contributed by atoms with E-state index in [0.29, 0.717) is 23.9 Å². The second-order valence-electron chi connectivity index (χ2n) is 9.36. The topological polar surface area (TPSA) is 102 Å². The van der Waals surface area contributed by atoms with Crippen LogP contribution in [0.5, 0.6) is 5.75 Å². The largest absolute Gasteiger partial charge is 0.507 e. The number of aromatic hydroxyl groups is 1. The summed E-state index contributed by atoms with van der Waals surface area (Å²) >= 11 is 0. The average molecular weight is 449 g/mol. The first kappa shape index (κ1) is 22.8. The van der Waals surface area contributed by atoms with E-state index in [1.165, 1.54) is 0 Å². The Morgan fingerprint density at radius 1 is 1.24 bits per heavy atom. The predicted octanol–water partition coefficient (Wildman–Crippen LogP) is 5.04. The van der Waals surface area contributed by atoms with E-state index in [9.17, 15) is 9.90 Å². The monoisotopic (exact) mass is 448 g/mol. The van der Waals surface area contributed by atoms with E-state index < -0.39 is 6.09 Å². The molecule has 0 radical (unpaired) electrons. The molecule has 2 aromatic carbocycles. The van der Waals surface area contributed by atoms with Crippen LogP contribution in [-0.4, -0.2) is 40.4 Å². The van der Waals surface area contributed by atoms with Crippen molar-refractivity contribution < 1.29 is 14.6 Å². The molecule has 0 bridgehead atoms. The first-order valence-corrected chi connectivity index (χ1v) is 11.6. The predicted molar refractivity (Wildman–Crippen MR) is 130 cm³/mol. The normalized spacial score (nSPS) is 17.3. The number of amides is 1. The number of nitrogens with two attached hydrogens (primary N) is 1. The highest BCUT2D eigenvalue weighted by Gasteiger charge is 2.31. The van der Waals surface area contributed by atoms with Crippen LogP contribution in [0.3, 0.4) is 0 Å². The highest BCUT2D eigenvalue weighted by molar-refractivity contribution is 5.92. The number of para-hydroxylation sites is 1. The molecule has 174 valence electrons. The van der Waals surface area contributed by atoms with E-state index in [4.69, 9.17) is 20.4 Å². The molecule has 0 aliphatic carbocycles. The molecule has 1 aliphatic heterocycles. The molecule has 1 fully saturated rings. The molecule has 3 aromatic rings. The zero-order chi connectivity index (χ0) is 23.5. The number of carbonyl (C=O) groups is 1. The molecule has 1 aromatic heterocycles. The summed E-state index contributed by atoms with van der Waals surface area (Å²) in [5.41, 5.74) is 7.94. The van der Waals surface area contributed by atoms with Gasteiger partial charge in [0.05, 0.1) is 11.1 Å². The van der Waals surface area contributed by atoms with Crippen LogP contribution in [0.25, 0.3) is 22.3 Å². The lowest BCUT2D eigenvalue weighted by Gasteiger charge is -2.38. The number of primary amides is 1. The number of nitrogens with zero attached hydrogens (tertiary/aromatic N) is 3. The van der Waals surface area contributed by atoms with Crippen molar-refractivity contribution in [3.63, 3.8) is 0 Å². The van der Waals surface area contributed by atoms with E-state index >= 15 is 0 Å². The van der Waals surface area contributed by atoms with Crippen molar-refractivity contribution in [3.05, 3.63) is 48.0 Å². The van der Waals surface area contributed by atoms with Gasteiger partial charge in [0.25, 0.3) is 0 Å². The van der Waals surface area contributed by atoms with Gasteiger partial charge in [-0.3, -0.25) is 0 Å². The number of rotatable bonds is 6. The first-order valence-electron chi connectivity index (χ1n) is 11.6. The van der Waals surface area contributed by atoms with Crippen LogP contribution in [0.2, 0.25) is 0 Å². The van der Waals surface area contributed by atoms with Crippen LogP contribution in [0.15, 0.2) is 42.5 Å². The smallest absolute Gasteiger partial charge is 0.404 e. The quantitative estimate of drug-likeness (QED) is 0.548. The van der Waals surface area contributed by atoms with Gasteiger partial charge >= 0.3 is 6.09 Å². The second-order valence-corrected chi connectivity index (χ2v) is 9.36. The standard InChI is InChI=1S/C26H32N4O3/c1-16(2)13-23(33-26(27)32)18-7-6-12-30(15-18)25-19-11-10-17(3)14-21(19)28-24(29-25)20-8-4-5-9-22(20)31/h4-5,8-11,14,16,18,23,31H,6-7,12-13,15H2,1-3H3,(H2,27,32)/t18-,23?/m1/s1. The number of hydrogen-bond donors (Lipinski definition) is 2. The number of phenols is 1. The minimum absolute atomic E-state index is 0.152. The average Bonchev–Trinajstić information content (AvgIpc) is 2.77. The third-order valence-electron chi connectivity index (χ3n) is 6.23. The van der Waals surface area contributed by atoms with Crippen LogP contribution in [0.1, 0.15) is 38.7 Å². The number of benzene rings is 2. The third-order valence-corrected chi connectivity index (χ3v) is 6.23. The van der Waals surface area contributed by atoms with E-state index in [0.717, 1.165) is 48.1 Å². The fourth-order valence-electron chi connectivity index (χ4n) is 4.70. The third kappa shape index (κ3) is 5.18. The molecule has 33 heavy (non-hydrogen) atoms. The van der Waals surface area contributed by atoms with Crippen LogP contribution >= 0.6 is 0 Å². The van der Waals surface area contributed by atoms with Crippen molar-refractivity contribution in [2.24, 2.45) is 17.6 Å². The molecule has 1 amide bonds. The van der Waals surface area contributed by atoms with Gasteiger partial charge in [-0.2, -0.15) is 0 Å². The van der Waals surface area contributed by atoms with E-state index in [1.54, 1.807) is 12.1 Å². The minimum Gasteiger partial charge on any atom is -0.507 e. The van der Waals surface area contributed by atoms with E-state index in [2.05, 4.69) is 30.9 Å². The Kier molecular flexibility index (Phi) is 6.67. The Hall–Kier alpha value is -3.35. The molecule has 3 N–H and O–H groups in total. The number of fused-ring (bicyclic) bond motifs is 1. The molecule has 1 aliphatic rings. The summed E-state index contributed by atoms with van der Waals surface area (Å²) in [7, 11) is 0. The van der Waals surface area contributed by atoms with Gasteiger partial charge in [-0.05, 0) is 61.9 Å². The molecule has 1 unspecified atom stereocenters. The van der Waals surface area contributed by atoms with Gasteiger partial charge in [-0.25, -0.2) is 14.8 Å². The van der Waals surface area contributed by atoms with Gasteiger partial charge in [-0.15, -0.1) is 0 Å². The maximum atomic E-state index is 11.6. The second kappa shape index (κ2) is 9.65. The van der Waals surface area contributed by atoms with Crippen molar-refractivity contribution in [2.75, 3.05) is 18.0 Å². The lowest BCUT2D eigenvalue weighted by atomic mass is 9.87. The Morgan fingerprint density at radius 2 is 2.03 bits per heavy atom. The fourth-order valence-corrected chi connectivity index (χ4v) is 4.70. The number of hydrogen-bond acceptors (Lipinski definition) is 6. The summed E-state index contributed by atoms with van der Waals surface area (Å²) in [6.07, 6.45) is 1.76. The van der Waals surface area contributed by atoms with Gasteiger partial charge < -0.3 is 20.5 Å². The van der Waals surface area contributed by atoms with Crippen molar-refractivity contribution in [1.82, 2.24) is 9.97 Å². The van der Waals surface area contributed by atoms with Crippen molar-refractivity contribution in [2.45, 2.75) is 46.1 Å². The molecule has 0 saturated carbocycles. The number of phenolic OH excluding ortho intramolecular Hbond substituents is 1. The number of anilines is 1. The summed E-state index contributed by atoms with van der Waals surface area (Å²) in [6.45, 7) is 7.84. The van der Waals surface area contributed by atoms with Crippen LogP contribution in [0.4, 0.5) is 10.6 Å². The molecule has 7 heteroatoms. The lowest BCUT2D eigenvalue weighted by molar-refractivity contribution is 0.0489. The molecular weight excluding hydrogens is 416 g/mol. The molecular formula is C26H32N4O3. The van der Waals surface area contributed by atoms with Crippen LogP contribution in [-0.2, 0) is 4.74 Å². The van der Waals surface area contributed by atoms with Crippen LogP contribution < -0.4 is 10.6 Å². The summed E-state index contributed by atoms with van der Waals surface area (Å²) in [5.74, 6) is 2.04. The Balaban J connectivity index is 1.74. The zero-order valence-electron chi connectivity index (χ0n) is 19.5.